The molecule has 1 atom stereocenters. The number of halogens is 2. The van der Waals surface area contributed by atoms with E-state index in [1.54, 1.807) is 13.8 Å². The van der Waals surface area contributed by atoms with Gasteiger partial charge in [-0.15, -0.1) is 4.40 Å². The number of hydrogen-bond acceptors (Lipinski definition) is 8. The van der Waals surface area contributed by atoms with E-state index in [0.717, 1.165) is 16.5 Å². The third-order valence-corrected chi connectivity index (χ3v) is 6.69. The highest BCUT2D eigenvalue weighted by atomic mass is 19.1. The fourth-order valence-electron chi connectivity index (χ4n) is 4.93. The zero-order valence-electron chi connectivity index (χ0n) is 19.7. The van der Waals surface area contributed by atoms with E-state index in [4.69, 9.17) is 4.42 Å². The van der Waals surface area contributed by atoms with Crippen molar-refractivity contribution in [1.82, 2.24) is 24.7 Å². The van der Waals surface area contributed by atoms with Crippen molar-refractivity contribution in [3.05, 3.63) is 63.1 Å². The first-order valence-electron chi connectivity index (χ1n) is 11.4. The second kappa shape index (κ2) is 7.92. The number of hydrogen-bond donors (Lipinski definition) is 1. The van der Waals surface area contributed by atoms with Crippen molar-refractivity contribution >= 4 is 44.6 Å². The fourth-order valence-corrected chi connectivity index (χ4v) is 4.93. The monoisotopic (exact) mass is 493 g/mol. The van der Waals surface area contributed by atoms with Crippen molar-refractivity contribution < 1.29 is 17.9 Å². The summed E-state index contributed by atoms with van der Waals surface area (Å²) in [6, 6.07) is 3.64. The molecule has 6 rings (SSSR count). The number of aryl methyl sites for hydroxylation is 2. The third kappa shape index (κ3) is 3.07. The molecule has 1 aromatic carbocycles. The van der Waals surface area contributed by atoms with Gasteiger partial charge in [0, 0.05) is 25.7 Å². The first-order valence-corrected chi connectivity index (χ1v) is 11.4. The normalized spacial score (nSPS) is 16.5. The van der Waals surface area contributed by atoms with E-state index in [-0.39, 0.29) is 49.8 Å². The molecule has 1 saturated heterocycles. The predicted octanol–water partition coefficient (Wildman–Crippen LogP) is 2.43. The van der Waals surface area contributed by atoms with Crippen molar-refractivity contribution in [1.29, 1.82) is 0 Å². The summed E-state index contributed by atoms with van der Waals surface area (Å²) in [6.07, 6.45) is 1.23. The van der Waals surface area contributed by atoms with E-state index in [1.807, 2.05) is 11.8 Å². The van der Waals surface area contributed by atoms with Crippen LogP contribution in [0, 0.1) is 30.7 Å². The van der Waals surface area contributed by atoms with Crippen LogP contribution in [0.4, 0.5) is 14.6 Å². The molecule has 0 saturated carbocycles. The van der Waals surface area contributed by atoms with Crippen LogP contribution in [0.3, 0.4) is 0 Å². The molecule has 1 N–H and O–H groups in total. The fraction of sp³-hybridized carbons (Fsp3) is 0.292. The number of piperazine rings is 1. The van der Waals surface area contributed by atoms with E-state index in [9.17, 15) is 10.0 Å². The number of nitrogens with zero attached hydrogens (tertiary/aromatic N) is 6. The average Bonchev–Trinajstić information content (AvgIpc) is 2.87. The Kier molecular flexibility index (Phi) is 4.90. The summed E-state index contributed by atoms with van der Waals surface area (Å²) >= 11 is 0. The lowest BCUT2D eigenvalue weighted by atomic mass is 10.1. The quantitative estimate of drug-likeness (QED) is 0.280. The molecular formula is C24H21F2N7O3. The number of aromatic nitrogens is 5. The van der Waals surface area contributed by atoms with Gasteiger partial charge in [-0.05, 0) is 38.5 Å². The minimum absolute atomic E-state index is 0.0681. The van der Waals surface area contributed by atoms with Gasteiger partial charge in [0.15, 0.2) is 17.2 Å². The lowest BCUT2D eigenvalue weighted by Gasteiger charge is -2.35. The van der Waals surface area contributed by atoms with Crippen LogP contribution >= 0.6 is 0 Å². The predicted molar refractivity (Wildman–Crippen MR) is 129 cm³/mol. The summed E-state index contributed by atoms with van der Waals surface area (Å²) < 4.78 is 38.3. The van der Waals surface area contributed by atoms with E-state index in [0.29, 0.717) is 30.9 Å². The summed E-state index contributed by atoms with van der Waals surface area (Å²) in [5.74, 6) is -1.65. The molecule has 0 unspecified atom stereocenters. The van der Waals surface area contributed by atoms with Crippen molar-refractivity contribution in [2.75, 3.05) is 24.5 Å². The molecule has 0 spiro atoms. The van der Waals surface area contributed by atoms with Gasteiger partial charge in [-0.3, -0.25) is 0 Å². The number of pyridine rings is 1. The van der Waals surface area contributed by atoms with Crippen LogP contribution in [0.25, 0.3) is 38.7 Å². The van der Waals surface area contributed by atoms with Gasteiger partial charge in [0.2, 0.25) is 5.52 Å². The highest BCUT2D eigenvalue weighted by Crippen LogP contribution is 2.31. The zero-order chi connectivity index (χ0) is 25.3. The van der Waals surface area contributed by atoms with E-state index >= 15 is 8.78 Å². The molecule has 5 aromatic rings. The highest BCUT2D eigenvalue weighted by molar-refractivity contribution is 5.97. The van der Waals surface area contributed by atoms with Gasteiger partial charge in [-0.25, -0.2) is 23.3 Å². The minimum atomic E-state index is -0.975. The summed E-state index contributed by atoms with van der Waals surface area (Å²) in [6.45, 7) is 6.92. The van der Waals surface area contributed by atoms with E-state index in [1.165, 1.54) is 12.4 Å². The Morgan fingerprint density at radius 3 is 2.81 bits per heavy atom. The Labute approximate surface area is 202 Å². The Morgan fingerprint density at radius 2 is 2.03 bits per heavy atom. The zero-order valence-corrected chi connectivity index (χ0v) is 19.7. The molecule has 4 aromatic heterocycles. The lowest BCUT2D eigenvalue weighted by molar-refractivity contribution is -0.552. The summed E-state index contributed by atoms with van der Waals surface area (Å²) in [5.41, 5.74) is -0.957. The highest BCUT2D eigenvalue weighted by Gasteiger charge is 2.30. The number of nitrogens with one attached hydrogen (secondary N) is 1. The van der Waals surface area contributed by atoms with E-state index < -0.39 is 22.8 Å². The number of anilines is 1. The molecule has 0 radical (unpaired) electrons. The van der Waals surface area contributed by atoms with Crippen LogP contribution in [0.15, 0.2) is 33.7 Å². The van der Waals surface area contributed by atoms with Crippen LogP contribution in [-0.4, -0.2) is 45.0 Å². The average molecular weight is 493 g/mol. The molecule has 184 valence electrons. The summed E-state index contributed by atoms with van der Waals surface area (Å²) in [7, 11) is 0. The van der Waals surface area contributed by atoms with Crippen LogP contribution in [-0.2, 0) is 0 Å². The van der Waals surface area contributed by atoms with Crippen molar-refractivity contribution in [3.8, 4) is 0 Å². The van der Waals surface area contributed by atoms with Gasteiger partial charge < -0.3 is 19.8 Å². The molecule has 1 aliphatic rings. The second-order valence-electron chi connectivity index (χ2n) is 8.96. The topological polar surface area (TPSA) is 115 Å². The Bertz CT molecular complexity index is 1820. The van der Waals surface area contributed by atoms with Gasteiger partial charge in [0.05, 0.1) is 5.69 Å². The van der Waals surface area contributed by atoms with Crippen LogP contribution in [0.5, 0.6) is 0 Å². The molecule has 2 bridgehead atoms. The van der Waals surface area contributed by atoms with Gasteiger partial charge >= 0.3 is 11.3 Å². The number of benzene rings is 1. The Morgan fingerprint density at radius 1 is 1.22 bits per heavy atom. The first-order chi connectivity index (χ1) is 17.3. The van der Waals surface area contributed by atoms with Gasteiger partial charge in [0.1, 0.15) is 28.5 Å². The largest absolute Gasteiger partial charge is 0.710 e. The van der Waals surface area contributed by atoms with Crippen molar-refractivity contribution in [3.63, 3.8) is 0 Å². The molecule has 0 aliphatic carbocycles. The number of rotatable bonds is 1. The van der Waals surface area contributed by atoms with Crippen molar-refractivity contribution in [2.45, 2.75) is 26.8 Å². The lowest BCUT2D eigenvalue weighted by Crippen LogP contribution is -2.51. The first kappa shape index (κ1) is 22.3. The van der Waals surface area contributed by atoms with Crippen LogP contribution in [0.1, 0.15) is 18.2 Å². The van der Waals surface area contributed by atoms with Gasteiger partial charge in [0.25, 0.3) is 5.71 Å². The molecule has 0 amide bonds. The van der Waals surface area contributed by atoms with Gasteiger partial charge in [-0.1, -0.05) is 6.07 Å². The van der Waals surface area contributed by atoms with E-state index in [2.05, 4.69) is 20.3 Å². The maximum absolute atomic E-state index is 15.8. The molecule has 1 fully saturated rings. The standard InChI is InChI=1S/C24H21F2N7O3/c1-11-4-5-15(25)17-19-16(26)8-14-21(31-7-6-27-9-12(31)2)30-24(34)32(23(14)33(19)35)18-13(3)28-10-29-22(18)36-20(11)17/h4-5,8,10,12,27H,6-7,9H2,1-3H3/t12-/m0/s1. The maximum atomic E-state index is 15.8. The molecule has 10 nitrogen and oxygen atoms in total. The molecule has 5 heterocycles. The summed E-state index contributed by atoms with van der Waals surface area (Å²) in [5, 5.41) is 17.0. The minimum Gasteiger partial charge on any atom is -0.710 e. The molecule has 1 aliphatic heterocycles. The molecule has 36 heavy (non-hydrogen) atoms. The number of fused-ring (bicyclic) bond motifs is 5. The third-order valence-electron chi connectivity index (χ3n) is 6.69. The van der Waals surface area contributed by atoms with Crippen molar-refractivity contribution in [2.24, 2.45) is 0 Å². The smallest absolute Gasteiger partial charge is 0.442 e. The SMILES string of the molecule is Cc1ccc(F)c2c1oc1ncnc(C)c1n1c(=O)nc(N3CCNC[C@@H]3C)c3cc(F)c2[n+]([O-])c31. The van der Waals surface area contributed by atoms with Gasteiger partial charge in [-0.2, -0.15) is 9.97 Å². The summed E-state index contributed by atoms with van der Waals surface area (Å²) in [4.78, 5) is 28.1. The molecule has 12 heteroatoms. The Hall–Kier alpha value is -4.19. The maximum Gasteiger partial charge on any atom is 0.442 e. The van der Waals surface area contributed by atoms with Crippen LogP contribution < -0.4 is 20.6 Å². The second-order valence-corrected chi connectivity index (χ2v) is 8.96. The molecular weight excluding hydrogens is 472 g/mol. The Balaban J connectivity index is 1.99. The van der Waals surface area contributed by atoms with Crippen LogP contribution in [0.2, 0.25) is 0 Å².